The molecule has 2 saturated heterocycles. The summed E-state index contributed by atoms with van der Waals surface area (Å²) < 4.78 is 0. The molecule has 0 aliphatic carbocycles. The van der Waals surface area contributed by atoms with Crippen molar-refractivity contribution >= 4 is 18.3 Å². The Bertz CT molecular complexity index is 190. The third-order valence-electron chi connectivity index (χ3n) is 2.78. The first-order valence-electron chi connectivity index (χ1n) is 5.11. The number of hydrogen-bond donors (Lipinski definition) is 3. The minimum Gasteiger partial charge on any atom is -0.351 e. The third kappa shape index (κ3) is 2.83. The first kappa shape index (κ1) is 11.8. The number of amides is 1. The van der Waals surface area contributed by atoms with Gasteiger partial charge in [0.05, 0.1) is 6.04 Å². The monoisotopic (exact) mass is 219 g/mol. The zero-order chi connectivity index (χ0) is 9.10. The molecule has 2 aliphatic rings. The Morgan fingerprint density at radius 1 is 1.29 bits per heavy atom. The standard InChI is InChI=1S/C9H17N3O.ClH/c13-9(8-3-5-11-8)12-7-2-1-4-10-6-7;/h7-8,10-11H,1-6H2,(H,12,13);1H/t7?,8-;/m1./s1. The van der Waals surface area contributed by atoms with Crippen LogP contribution in [0.5, 0.6) is 0 Å². The van der Waals surface area contributed by atoms with Crippen molar-refractivity contribution < 1.29 is 4.79 Å². The molecule has 0 saturated carbocycles. The van der Waals surface area contributed by atoms with Crippen LogP contribution in [0.1, 0.15) is 19.3 Å². The van der Waals surface area contributed by atoms with Crippen LogP contribution in [0, 0.1) is 0 Å². The highest BCUT2D eigenvalue weighted by Gasteiger charge is 2.26. The summed E-state index contributed by atoms with van der Waals surface area (Å²) in [6, 6.07) is 0.436. The van der Waals surface area contributed by atoms with Gasteiger partial charge in [0.25, 0.3) is 0 Å². The maximum absolute atomic E-state index is 11.5. The van der Waals surface area contributed by atoms with Crippen molar-refractivity contribution in [2.24, 2.45) is 0 Å². The number of hydrogen-bond acceptors (Lipinski definition) is 3. The van der Waals surface area contributed by atoms with Crippen molar-refractivity contribution in [1.29, 1.82) is 0 Å². The number of carbonyl (C=O) groups is 1. The Morgan fingerprint density at radius 2 is 2.07 bits per heavy atom. The second kappa shape index (κ2) is 5.53. The van der Waals surface area contributed by atoms with E-state index in [1.165, 1.54) is 6.42 Å². The van der Waals surface area contributed by atoms with E-state index in [2.05, 4.69) is 16.0 Å². The van der Waals surface area contributed by atoms with E-state index in [4.69, 9.17) is 0 Å². The lowest BCUT2D eigenvalue weighted by Gasteiger charge is -2.30. The van der Waals surface area contributed by atoms with Crippen LogP contribution in [0.15, 0.2) is 0 Å². The minimum absolute atomic E-state index is 0. The molecule has 0 spiro atoms. The first-order valence-corrected chi connectivity index (χ1v) is 5.11. The molecule has 4 nitrogen and oxygen atoms in total. The number of rotatable bonds is 2. The summed E-state index contributed by atoms with van der Waals surface area (Å²) in [4.78, 5) is 11.5. The SMILES string of the molecule is Cl.O=C(NC1CCCNC1)[C@H]1CCN1. The molecule has 1 unspecified atom stereocenters. The summed E-state index contributed by atoms with van der Waals surface area (Å²) >= 11 is 0. The van der Waals surface area contributed by atoms with Crippen LogP contribution >= 0.6 is 12.4 Å². The van der Waals surface area contributed by atoms with Crippen molar-refractivity contribution in [3.8, 4) is 0 Å². The Kier molecular flexibility index (Phi) is 4.65. The summed E-state index contributed by atoms with van der Waals surface area (Å²) in [7, 11) is 0. The average molecular weight is 220 g/mol. The van der Waals surface area contributed by atoms with Crippen LogP contribution in [0.2, 0.25) is 0 Å². The van der Waals surface area contributed by atoms with Crippen LogP contribution in [0.4, 0.5) is 0 Å². The van der Waals surface area contributed by atoms with Crippen LogP contribution in [-0.4, -0.2) is 37.6 Å². The predicted octanol–water partition coefficient (Wildman–Crippen LogP) is -0.362. The highest BCUT2D eigenvalue weighted by atomic mass is 35.5. The molecule has 2 rings (SSSR count). The number of nitrogens with one attached hydrogen (secondary N) is 3. The van der Waals surface area contributed by atoms with E-state index >= 15 is 0 Å². The lowest BCUT2D eigenvalue weighted by molar-refractivity contribution is -0.125. The van der Waals surface area contributed by atoms with E-state index in [0.29, 0.717) is 6.04 Å². The predicted molar refractivity (Wildman–Crippen MR) is 57.7 cm³/mol. The first-order chi connectivity index (χ1) is 6.36. The fourth-order valence-corrected chi connectivity index (χ4v) is 1.79. The van der Waals surface area contributed by atoms with Gasteiger partial charge in [-0.25, -0.2) is 0 Å². The van der Waals surface area contributed by atoms with Crippen molar-refractivity contribution in [2.45, 2.75) is 31.3 Å². The molecule has 0 aromatic rings. The minimum atomic E-state index is 0. The maximum Gasteiger partial charge on any atom is 0.237 e. The van der Waals surface area contributed by atoms with Gasteiger partial charge in [-0.3, -0.25) is 4.79 Å². The summed E-state index contributed by atoms with van der Waals surface area (Å²) in [6.45, 7) is 3.01. The fourth-order valence-electron chi connectivity index (χ4n) is 1.79. The van der Waals surface area contributed by atoms with Gasteiger partial charge in [0.1, 0.15) is 0 Å². The topological polar surface area (TPSA) is 53.2 Å². The molecule has 2 heterocycles. The number of carbonyl (C=O) groups excluding carboxylic acids is 1. The largest absolute Gasteiger partial charge is 0.351 e. The highest BCUT2D eigenvalue weighted by molar-refractivity contribution is 5.85. The lowest BCUT2D eigenvalue weighted by atomic mass is 10.0. The van der Waals surface area contributed by atoms with Crippen LogP contribution in [0.25, 0.3) is 0 Å². The molecule has 2 atom stereocenters. The Balaban J connectivity index is 0.000000980. The summed E-state index contributed by atoms with van der Waals surface area (Å²) in [6.07, 6.45) is 3.28. The van der Waals surface area contributed by atoms with Gasteiger partial charge in [-0.2, -0.15) is 0 Å². The van der Waals surface area contributed by atoms with E-state index in [1.807, 2.05) is 0 Å². The second-order valence-corrected chi connectivity index (χ2v) is 3.85. The summed E-state index contributed by atoms with van der Waals surface area (Å²) in [5.41, 5.74) is 0. The zero-order valence-electron chi connectivity index (χ0n) is 8.21. The fraction of sp³-hybridized carbons (Fsp3) is 0.889. The molecule has 14 heavy (non-hydrogen) atoms. The van der Waals surface area contributed by atoms with Gasteiger partial charge in [-0.1, -0.05) is 0 Å². The van der Waals surface area contributed by atoms with Gasteiger partial charge < -0.3 is 16.0 Å². The molecular weight excluding hydrogens is 202 g/mol. The Labute approximate surface area is 90.6 Å². The van der Waals surface area contributed by atoms with Gasteiger partial charge >= 0.3 is 0 Å². The van der Waals surface area contributed by atoms with Crippen molar-refractivity contribution in [3.63, 3.8) is 0 Å². The van der Waals surface area contributed by atoms with Crippen molar-refractivity contribution in [3.05, 3.63) is 0 Å². The van der Waals surface area contributed by atoms with Crippen molar-refractivity contribution in [2.75, 3.05) is 19.6 Å². The molecule has 0 aromatic carbocycles. The van der Waals surface area contributed by atoms with E-state index in [1.54, 1.807) is 0 Å². The quantitative estimate of drug-likeness (QED) is 0.595. The van der Waals surface area contributed by atoms with Crippen molar-refractivity contribution in [1.82, 2.24) is 16.0 Å². The van der Waals surface area contributed by atoms with Gasteiger partial charge in [0.2, 0.25) is 5.91 Å². The highest BCUT2D eigenvalue weighted by Crippen LogP contribution is 2.05. The molecule has 0 bridgehead atoms. The second-order valence-electron chi connectivity index (χ2n) is 3.85. The molecule has 82 valence electrons. The van der Waals surface area contributed by atoms with Gasteiger partial charge in [-0.05, 0) is 32.4 Å². The maximum atomic E-state index is 11.5. The van der Waals surface area contributed by atoms with Crippen LogP contribution < -0.4 is 16.0 Å². The average Bonchev–Trinajstić information content (AvgIpc) is 2.02. The molecular formula is C9H18ClN3O. The molecule has 3 N–H and O–H groups in total. The van der Waals surface area contributed by atoms with Crippen LogP contribution in [0.3, 0.4) is 0 Å². The summed E-state index contributed by atoms with van der Waals surface area (Å²) in [5.74, 6) is 0.181. The zero-order valence-corrected chi connectivity index (χ0v) is 9.03. The van der Waals surface area contributed by atoms with Gasteiger partial charge in [0.15, 0.2) is 0 Å². The molecule has 0 radical (unpaired) electrons. The van der Waals surface area contributed by atoms with E-state index in [0.717, 1.165) is 32.5 Å². The van der Waals surface area contributed by atoms with Gasteiger partial charge in [0, 0.05) is 12.6 Å². The molecule has 1 amide bonds. The van der Waals surface area contributed by atoms with Crippen LogP contribution in [-0.2, 0) is 4.79 Å². The molecule has 2 fully saturated rings. The molecule has 5 heteroatoms. The third-order valence-corrected chi connectivity index (χ3v) is 2.78. The van der Waals surface area contributed by atoms with Gasteiger partial charge in [-0.15, -0.1) is 12.4 Å². The van der Waals surface area contributed by atoms with E-state index < -0.39 is 0 Å². The molecule has 0 aromatic heterocycles. The Morgan fingerprint density at radius 3 is 2.57 bits per heavy atom. The summed E-state index contributed by atoms with van der Waals surface area (Å²) in [5, 5.41) is 9.44. The lowest BCUT2D eigenvalue weighted by Crippen LogP contribution is -2.57. The Hall–Kier alpha value is -0.320. The number of halogens is 1. The van der Waals surface area contributed by atoms with E-state index in [-0.39, 0.29) is 24.4 Å². The normalized spacial score (nSPS) is 31.1. The molecule has 2 aliphatic heterocycles. The number of piperidine rings is 1. The van der Waals surface area contributed by atoms with E-state index in [9.17, 15) is 4.79 Å². The smallest absolute Gasteiger partial charge is 0.237 e.